The molecule has 0 fully saturated rings. The van der Waals surface area contributed by atoms with Gasteiger partial charge in [-0.15, -0.1) is 0 Å². The van der Waals surface area contributed by atoms with Gasteiger partial charge in [0.15, 0.2) is 0 Å². The molecule has 8 heavy (non-hydrogen) atoms. The van der Waals surface area contributed by atoms with E-state index in [1.54, 1.807) is 0 Å². The van der Waals surface area contributed by atoms with Gasteiger partial charge in [0.2, 0.25) is 0 Å². The lowest BCUT2D eigenvalue weighted by molar-refractivity contribution is -0.115. The first-order valence-electron chi connectivity index (χ1n) is 2.22. The van der Waals surface area contributed by atoms with Gasteiger partial charge in [-0.05, 0) is 5.92 Å². The average Bonchev–Trinajstić information content (AvgIpc) is 1.83. The van der Waals surface area contributed by atoms with Crippen LogP contribution in [0.3, 0.4) is 0 Å². The van der Waals surface area contributed by atoms with Crippen molar-refractivity contribution in [2.24, 2.45) is 5.73 Å². The number of hydrogen-bond donors (Lipinski definition) is 2. The van der Waals surface area contributed by atoms with Crippen LogP contribution >= 0.6 is 0 Å². The van der Waals surface area contributed by atoms with E-state index in [-0.39, 0.29) is 12.5 Å². The predicted molar refractivity (Wildman–Crippen MR) is 30.9 cm³/mol. The molecule has 0 bridgehead atoms. The van der Waals surface area contributed by atoms with E-state index >= 15 is 0 Å². The molecule has 0 aliphatic heterocycles. The molecule has 0 spiro atoms. The highest BCUT2D eigenvalue weighted by Crippen LogP contribution is 1.53. The molecule has 0 unspecified atom stereocenters. The molecule has 0 saturated heterocycles. The summed E-state index contributed by atoms with van der Waals surface area (Å²) in [4.78, 5) is 10.2. The topological polar surface area (TPSA) is 55.1 Å². The first-order valence-corrected chi connectivity index (χ1v) is 2.22. The van der Waals surface area contributed by atoms with Crippen LogP contribution in [-0.4, -0.2) is 19.5 Å². The second kappa shape index (κ2) is 4.16. The summed E-state index contributed by atoms with van der Waals surface area (Å²) in [6, 6.07) is 0. The van der Waals surface area contributed by atoms with E-state index in [1.807, 2.05) is 0 Å². The molecule has 3 heteroatoms. The molecule has 0 radical (unpaired) electrons. The Kier molecular flexibility index (Phi) is 3.63. The fraction of sp³-hybridized carbons (Fsp3) is 0.400. The molecule has 0 atom stereocenters. The van der Waals surface area contributed by atoms with E-state index in [0.717, 1.165) is 0 Å². The monoisotopic (exact) mass is 112 g/mol. The second-order valence-electron chi connectivity index (χ2n) is 1.09. The number of nitrogens with one attached hydrogen (secondary N) is 1. The summed E-state index contributed by atoms with van der Waals surface area (Å²) in [6.07, 6.45) is 0. The smallest absolute Gasteiger partial charge is 0.295 e. The van der Waals surface area contributed by atoms with Crippen molar-refractivity contribution in [3.05, 3.63) is 0 Å². The average molecular weight is 112 g/mol. The van der Waals surface area contributed by atoms with Crippen LogP contribution in [-0.2, 0) is 4.79 Å². The maximum absolute atomic E-state index is 10.2. The molecule has 1 amide bonds. The van der Waals surface area contributed by atoms with Gasteiger partial charge in [-0.25, -0.2) is 0 Å². The summed E-state index contributed by atoms with van der Waals surface area (Å²) in [5.74, 6) is 4.38. The van der Waals surface area contributed by atoms with Crippen LogP contribution in [0.2, 0.25) is 0 Å². The van der Waals surface area contributed by atoms with Gasteiger partial charge in [-0.1, -0.05) is 5.92 Å². The molecule has 0 heterocycles. The largest absolute Gasteiger partial charge is 0.348 e. The quantitative estimate of drug-likeness (QED) is 0.382. The maximum Gasteiger partial charge on any atom is 0.295 e. The number of amides is 1. The van der Waals surface area contributed by atoms with E-state index in [2.05, 4.69) is 17.2 Å². The zero-order valence-corrected chi connectivity index (χ0v) is 4.69. The third-order valence-electron chi connectivity index (χ3n) is 0.531. The van der Waals surface area contributed by atoms with Crippen LogP contribution in [0.5, 0.6) is 0 Å². The van der Waals surface area contributed by atoms with Crippen molar-refractivity contribution in [2.45, 2.75) is 0 Å². The first-order chi connectivity index (χ1) is 3.81. The van der Waals surface area contributed by atoms with Gasteiger partial charge >= 0.3 is 0 Å². The van der Waals surface area contributed by atoms with Gasteiger partial charge in [-0.3, -0.25) is 4.79 Å². The summed E-state index contributed by atoms with van der Waals surface area (Å²) in [5, 5.41) is 2.33. The minimum atomic E-state index is -0.296. The number of nitrogens with two attached hydrogens (primary N) is 1. The number of hydrogen-bond acceptors (Lipinski definition) is 2. The van der Waals surface area contributed by atoms with Crippen molar-refractivity contribution in [3.63, 3.8) is 0 Å². The Hall–Kier alpha value is -1.01. The highest BCUT2D eigenvalue weighted by molar-refractivity contribution is 5.93. The van der Waals surface area contributed by atoms with Crippen LogP contribution in [0.25, 0.3) is 0 Å². The van der Waals surface area contributed by atoms with E-state index < -0.39 is 0 Å². The van der Waals surface area contributed by atoms with Crippen molar-refractivity contribution in [1.29, 1.82) is 0 Å². The Balaban J connectivity index is 3.52. The van der Waals surface area contributed by atoms with Crippen LogP contribution in [0.1, 0.15) is 0 Å². The van der Waals surface area contributed by atoms with Crippen molar-refractivity contribution >= 4 is 5.91 Å². The van der Waals surface area contributed by atoms with Crippen LogP contribution in [0, 0.1) is 11.8 Å². The SMILES string of the molecule is CNC(=O)C#CCN. The number of rotatable bonds is 0. The van der Waals surface area contributed by atoms with Crippen LogP contribution in [0.15, 0.2) is 0 Å². The molecule has 3 N–H and O–H groups in total. The molecule has 3 nitrogen and oxygen atoms in total. The van der Waals surface area contributed by atoms with Crippen LogP contribution < -0.4 is 11.1 Å². The molecular weight excluding hydrogens is 104 g/mol. The Morgan fingerprint density at radius 3 is 2.88 bits per heavy atom. The van der Waals surface area contributed by atoms with Crippen molar-refractivity contribution in [2.75, 3.05) is 13.6 Å². The Morgan fingerprint density at radius 1 is 1.88 bits per heavy atom. The van der Waals surface area contributed by atoms with E-state index in [0.29, 0.717) is 0 Å². The number of carbonyl (C=O) groups excluding carboxylic acids is 1. The lowest BCUT2D eigenvalue weighted by Crippen LogP contribution is -2.15. The van der Waals surface area contributed by atoms with Gasteiger partial charge < -0.3 is 11.1 Å². The highest BCUT2D eigenvalue weighted by Gasteiger charge is 1.82. The fourth-order valence-electron chi connectivity index (χ4n) is 0.194. The minimum Gasteiger partial charge on any atom is -0.348 e. The molecule has 0 aromatic heterocycles. The van der Waals surface area contributed by atoms with E-state index in [9.17, 15) is 4.79 Å². The minimum absolute atomic E-state index is 0.230. The van der Waals surface area contributed by atoms with Gasteiger partial charge in [0, 0.05) is 7.05 Å². The predicted octanol–water partition coefficient (Wildman–Crippen LogP) is -1.31. The first kappa shape index (κ1) is 6.99. The summed E-state index contributed by atoms with van der Waals surface area (Å²) in [5.41, 5.74) is 4.98. The van der Waals surface area contributed by atoms with Crippen molar-refractivity contribution in [3.8, 4) is 11.8 Å². The summed E-state index contributed by atoms with van der Waals surface area (Å²) in [7, 11) is 1.52. The molecule has 0 saturated carbocycles. The van der Waals surface area contributed by atoms with Crippen molar-refractivity contribution < 1.29 is 4.79 Å². The van der Waals surface area contributed by atoms with Gasteiger partial charge in [0.05, 0.1) is 6.54 Å². The highest BCUT2D eigenvalue weighted by atomic mass is 16.1. The van der Waals surface area contributed by atoms with Gasteiger partial charge in [0.25, 0.3) is 5.91 Å². The Bertz CT molecular complexity index is 131. The molecule has 0 rings (SSSR count). The lowest BCUT2D eigenvalue weighted by Gasteiger charge is -1.81. The standard InChI is InChI=1S/C5H8N2O/c1-7-5(8)3-2-4-6/h4,6H2,1H3,(H,7,8). The normalized spacial score (nSPS) is 6.75. The molecule has 0 aromatic carbocycles. The van der Waals surface area contributed by atoms with E-state index in [1.165, 1.54) is 7.05 Å². The molecule has 0 aromatic rings. The third-order valence-corrected chi connectivity index (χ3v) is 0.531. The van der Waals surface area contributed by atoms with Crippen molar-refractivity contribution in [1.82, 2.24) is 5.32 Å². The summed E-state index contributed by atoms with van der Waals surface area (Å²) < 4.78 is 0. The Morgan fingerprint density at radius 2 is 2.50 bits per heavy atom. The second-order valence-corrected chi connectivity index (χ2v) is 1.09. The molecule has 0 aliphatic carbocycles. The summed E-state index contributed by atoms with van der Waals surface area (Å²) >= 11 is 0. The zero-order chi connectivity index (χ0) is 6.41. The summed E-state index contributed by atoms with van der Waals surface area (Å²) in [6.45, 7) is 0.230. The number of carbonyl (C=O) groups is 1. The van der Waals surface area contributed by atoms with Gasteiger partial charge in [0.1, 0.15) is 0 Å². The third kappa shape index (κ3) is 3.19. The molecular formula is C5H8N2O. The molecule has 44 valence electrons. The fourth-order valence-corrected chi connectivity index (χ4v) is 0.194. The lowest BCUT2D eigenvalue weighted by atomic mass is 10.5. The van der Waals surface area contributed by atoms with Gasteiger partial charge in [-0.2, -0.15) is 0 Å². The molecule has 0 aliphatic rings. The Labute approximate surface area is 48.2 Å². The van der Waals surface area contributed by atoms with E-state index in [4.69, 9.17) is 5.73 Å². The maximum atomic E-state index is 10.2. The zero-order valence-electron chi connectivity index (χ0n) is 4.69. The van der Waals surface area contributed by atoms with Crippen LogP contribution in [0.4, 0.5) is 0 Å².